The zero-order valence-electron chi connectivity index (χ0n) is 10.4. The van der Waals surface area contributed by atoms with Gasteiger partial charge in [0.05, 0.1) is 18.4 Å². The highest BCUT2D eigenvalue weighted by Gasteiger charge is 2.16. The zero-order valence-corrected chi connectivity index (χ0v) is 11.2. The third-order valence-corrected chi connectivity index (χ3v) is 3.37. The van der Waals surface area contributed by atoms with E-state index in [1.165, 1.54) is 7.11 Å². The fourth-order valence-electron chi connectivity index (χ4n) is 1.53. The highest BCUT2D eigenvalue weighted by atomic mass is 32.2. The normalized spacial score (nSPS) is 10.4. The van der Waals surface area contributed by atoms with Gasteiger partial charge < -0.3 is 14.4 Å². The number of carboxylic acid groups (broad SMARTS) is 1. The van der Waals surface area contributed by atoms with Crippen molar-refractivity contribution < 1.29 is 14.6 Å². The summed E-state index contributed by atoms with van der Waals surface area (Å²) in [5.74, 6) is 0.0787. The molecule has 0 fully saturated rings. The molecule has 0 atom stereocenters. The van der Waals surface area contributed by atoms with E-state index in [2.05, 4.69) is 15.2 Å². The molecule has 0 aromatic carbocycles. The van der Waals surface area contributed by atoms with E-state index in [1.54, 1.807) is 23.9 Å². The summed E-state index contributed by atoms with van der Waals surface area (Å²) < 4.78 is 6.88. The maximum absolute atomic E-state index is 10.6. The number of aromatic nitrogens is 4. The van der Waals surface area contributed by atoms with Crippen LogP contribution in [0.1, 0.15) is 0 Å². The molecule has 0 aliphatic rings. The number of hydrogen-bond donors (Lipinski definition) is 1. The summed E-state index contributed by atoms with van der Waals surface area (Å²) in [6.45, 7) is 0. The van der Waals surface area contributed by atoms with Crippen molar-refractivity contribution in [3.05, 3.63) is 18.3 Å². The molecule has 2 aromatic heterocycles. The number of carbonyl (C=O) groups is 1. The van der Waals surface area contributed by atoms with E-state index < -0.39 is 5.97 Å². The second-order valence-electron chi connectivity index (χ2n) is 3.61. The van der Waals surface area contributed by atoms with E-state index in [1.807, 2.05) is 6.07 Å². The number of nitrogens with zero attached hydrogens (tertiary/aromatic N) is 4. The van der Waals surface area contributed by atoms with Crippen molar-refractivity contribution in [3.8, 4) is 17.3 Å². The van der Waals surface area contributed by atoms with Crippen LogP contribution in [0.3, 0.4) is 0 Å². The Kier molecular flexibility index (Phi) is 4.00. The van der Waals surface area contributed by atoms with E-state index in [-0.39, 0.29) is 5.75 Å². The molecular weight excluding hydrogens is 268 g/mol. The molecule has 0 spiro atoms. The number of methoxy groups -OCH3 is 1. The zero-order chi connectivity index (χ0) is 13.8. The molecular formula is C11H12N4O3S. The lowest BCUT2D eigenvalue weighted by Crippen LogP contribution is -2.01. The van der Waals surface area contributed by atoms with Crippen LogP contribution in [0, 0.1) is 0 Å². The number of pyridine rings is 1. The molecule has 2 heterocycles. The summed E-state index contributed by atoms with van der Waals surface area (Å²) >= 11 is 1.11. The first-order chi connectivity index (χ1) is 9.13. The standard InChI is InChI=1S/C11H12N4O3S/c1-15-9(7-4-3-5-12-10(7)18-2)13-14-11(15)19-6-8(16)17/h3-5H,6H2,1-2H3,(H,16,17). The molecule has 7 nitrogen and oxygen atoms in total. The molecule has 100 valence electrons. The highest BCUT2D eigenvalue weighted by molar-refractivity contribution is 7.99. The van der Waals surface area contributed by atoms with Crippen molar-refractivity contribution in [1.82, 2.24) is 19.7 Å². The van der Waals surface area contributed by atoms with Crippen molar-refractivity contribution in [2.75, 3.05) is 12.9 Å². The molecule has 2 aromatic rings. The van der Waals surface area contributed by atoms with Gasteiger partial charge in [-0.3, -0.25) is 4.79 Å². The van der Waals surface area contributed by atoms with Gasteiger partial charge in [-0.15, -0.1) is 10.2 Å². The predicted molar refractivity (Wildman–Crippen MR) is 69.1 cm³/mol. The Morgan fingerprint density at radius 3 is 3.00 bits per heavy atom. The maximum Gasteiger partial charge on any atom is 0.313 e. The lowest BCUT2D eigenvalue weighted by molar-refractivity contribution is -0.133. The van der Waals surface area contributed by atoms with Gasteiger partial charge in [0.1, 0.15) is 0 Å². The number of ether oxygens (including phenoxy) is 1. The van der Waals surface area contributed by atoms with E-state index in [9.17, 15) is 4.79 Å². The predicted octanol–water partition coefficient (Wildman–Crippen LogP) is 1.06. The van der Waals surface area contributed by atoms with Crippen molar-refractivity contribution >= 4 is 17.7 Å². The summed E-state index contributed by atoms with van der Waals surface area (Å²) in [7, 11) is 3.30. The number of aliphatic carboxylic acids is 1. The minimum Gasteiger partial charge on any atom is -0.481 e. The number of hydrogen-bond acceptors (Lipinski definition) is 6. The fourth-order valence-corrected chi connectivity index (χ4v) is 2.16. The highest BCUT2D eigenvalue weighted by Crippen LogP contribution is 2.28. The van der Waals surface area contributed by atoms with Crippen LogP contribution >= 0.6 is 11.8 Å². The second-order valence-corrected chi connectivity index (χ2v) is 4.55. The molecule has 0 aliphatic carbocycles. The molecule has 0 amide bonds. The van der Waals surface area contributed by atoms with Crippen LogP contribution in [0.25, 0.3) is 11.4 Å². The minimum absolute atomic E-state index is 0.0594. The Morgan fingerprint density at radius 1 is 1.53 bits per heavy atom. The van der Waals surface area contributed by atoms with E-state index in [0.717, 1.165) is 11.8 Å². The van der Waals surface area contributed by atoms with Crippen molar-refractivity contribution in [2.45, 2.75) is 5.16 Å². The molecule has 0 saturated heterocycles. The smallest absolute Gasteiger partial charge is 0.313 e. The van der Waals surface area contributed by atoms with E-state index in [0.29, 0.717) is 22.4 Å². The average molecular weight is 280 g/mol. The number of carboxylic acids is 1. The lowest BCUT2D eigenvalue weighted by atomic mass is 10.2. The summed E-state index contributed by atoms with van der Waals surface area (Å²) in [5, 5.41) is 17.2. The largest absolute Gasteiger partial charge is 0.481 e. The van der Waals surface area contributed by atoms with Crippen molar-refractivity contribution in [3.63, 3.8) is 0 Å². The van der Waals surface area contributed by atoms with Crippen LogP contribution in [0.5, 0.6) is 5.88 Å². The summed E-state index contributed by atoms with van der Waals surface area (Å²) in [6, 6.07) is 3.60. The lowest BCUT2D eigenvalue weighted by Gasteiger charge is -2.06. The van der Waals surface area contributed by atoms with Gasteiger partial charge in [-0.2, -0.15) is 0 Å². The SMILES string of the molecule is COc1ncccc1-c1nnc(SCC(=O)O)n1C. The van der Waals surface area contributed by atoms with Crippen LogP contribution in [0.15, 0.2) is 23.5 Å². The third-order valence-electron chi connectivity index (χ3n) is 2.37. The van der Waals surface area contributed by atoms with Gasteiger partial charge in [-0.05, 0) is 12.1 Å². The first-order valence-electron chi connectivity index (χ1n) is 5.37. The van der Waals surface area contributed by atoms with E-state index in [4.69, 9.17) is 9.84 Å². The maximum atomic E-state index is 10.6. The van der Waals surface area contributed by atoms with Crippen LogP contribution in [-0.4, -0.2) is 43.7 Å². The van der Waals surface area contributed by atoms with Gasteiger partial charge in [-0.1, -0.05) is 11.8 Å². The van der Waals surface area contributed by atoms with Gasteiger partial charge in [0, 0.05) is 13.2 Å². The quantitative estimate of drug-likeness (QED) is 0.819. The van der Waals surface area contributed by atoms with E-state index >= 15 is 0 Å². The van der Waals surface area contributed by atoms with Crippen molar-refractivity contribution in [2.24, 2.45) is 7.05 Å². The number of thioether (sulfide) groups is 1. The topological polar surface area (TPSA) is 90.1 Å². The Balaban J connectivity index is 2.33. The molecule has 0 aliphatic heterocycles. The van der Waals surface area contributed by atoms with Crippen LogP contribution in [0.4, 0.5) is 0 Å². The van der Waals surface area contributed by atoms with Crippen LogP contribution < -0.4 is 4.74 Å². The molecule has 0 radical (unpaired) electrons. The summed E-state index contributed by atoms with van der Waals surface area (Å²) in [5.41, 5.74) is 0.710. The van der Waals surface area contributed by atoms with Crippen LogP contribution in [-0.2, 0) is 11.8 Å². The molecule has 1 N–H and O–H groups in total. The molecule has 8 heteroatoms. The fraction of sp³-hybridized carbons (Fsp3) is 0.273. The van der Waals surface area contributed by atoms with Crippen molar-refractivity contribution in [1.29, 1.82) is 0 Å². The van der Waals surface area contributed by atoms with Gasteiger partial charge in [0.25, 0.3) is 0 Å². The Labute approximate surface area is 113 Å². The molecule has 2 rings (SSSR count). The van der Waals surface area contributed by atoms with Crippen LogP contribution in [0.2, 0.25) is 0 Å². The summed E-state index contributed by atoms with van der Waals surface area (Å²) in [6.07, 6.45) is 1.62. The number of rotatable bonds is 5. The first kappa shape index (κ1) is 13.3. The minimum atomic E-state index is -0.895. The van der Waals surface area contributed by atoms with Gasteiger partial charge >= 0.3 is 5.97 Å². The Morgan fingerprint density at radius 2 is 2.32 bits per heavy atom. The molecule has 0 unspecified atom stereocenters. The van der Waals surface area contributed by atoms with Gasteiger partial charge in [0.15, 0.2) is 11.0 Å². The third kappa shape index (κ3) is 2.84. The second kappa shape index (κ2) is 5.70. The van der Waals surface area contributed by atoms with Gasteiger partial charge in [0.2, 0.25) is 5.88 Å². The Bertz CT molecular complexity index is 599. The molecule has 0 bridgehead atoms. The monoisotopic (exact) mass is 280 g/mol. The first-order valence-corrected chi connectivity index (χ1v) is 6.35. The average Bonchev–Trinajstić information content (AvgIpc) is 2.77. The van der Waals surface area contributed by atoms with Gasteiger partial charge in [-0.25, -0.2) is 4.98 Å². The summed E-state index contributed by atoms with van der Waals surface area (Å²) in [4.78, 5) is 14.6. The molecule has 19 heavy (non-hydrogen) atoms. The molecule has 0 saturated carbocycles. The Hall–Kier alpha value is -2.09.